The zero-order chi connectivity index (χ0) is 9.10. The zero-order valence-corrected chi connectivity index (χ0v) is 8.76. The predicted molar refractivity (Wildman–Crippen MR) is 56.5 cm³/mol. The van der Waals surface area contributed by atoms with E-state index in [0.29, 0.717) is 11.8 Å². The van der Waals surface area contributed by atoms with Crippen LogP contribution >= 0.6 is 24.0 Å². The molecule has 0 atom stereocenters. The lowest BCUT2D eigenvalue weighted by molar-refractivity contribution is 0.573. The standard InChI is InChI=1S/C9H7ClN2O.ClH/c10-5-8-6-13-9(12-8)7-1-3-11-4-2-7;/h1-4,6H,5H2;1H. The van der Waals surface area contributed by atoms with E-state index < -0.39 is 0 Å². The van der Waals surface area contributed by atoms with Gasteiger partial charge in [0.15, 0.2) is 0 Å². The fourth-order valence-corrected chi connectivity index (χ4v) is 1.12. The van der Waals surface area contributed by atoms with Crippen LogP contribution in [-0.2, 0) is 5.88 Å². The first-order chi connectivity index (χ1) is 6.40. The summed E-state index contributed by atoms with van der Waals surface area (Å²) in [6.07, 6.45) is 4.95. The number of alkyl halides is 1. The maximum absolute atomic E-state index is 5.59. The Morgan fingerprint density at radius 3 is 2.57 bits per heavy atom. The molecule has 5 heteroatoms. The van der Waals surface area contributed by atoms with Crippen molar-refractivity contribution in [2.24, 2.45) is 0 Å². The van der Waals surface area contributed by atoms with Crippen molar-refractivity contribution in [3.05, 3.63) is 36.5 Å². The van der Waals surface area contributed by atoms with Crippen LogP contribution in [-0.4, -0.2) is 9.97 Å². The van der Waals surface area contributed by atoms with E-state index in [2.05, 4.69) is 9.97 Å². The Morgan fingerprint density at radius 2 is 2.00 bits per heavy atom. The van der Waals surface area contributed by atoms with Gasteiger partial charge in [-0.05, 0) is 12.1 Å². The number of oxazole rings is 1. The monoisotopic (exact) mass is 230 g/mol. The van der Waals surface area contributed by atoms with E-state index in [1.54, 1.807) is 18.7 Å². The van der Waals surface area contributed by atoms with Crippen molar-refractivity contribution >= 4 is 24.0 Å². The summed E-state index contributed by atoms with van der Waals surface area (Å²) < 4.78 is 5.22. The molecule has 0 unspecified atom stereocenters. The highest BCUT2D eigenvalue weighted by atomic mass is 35.5. The molecule has 14 heavy (non-hydrogen) atoms. The van der Waals surface area contributed by atoms with Crippen LogP contribution in [0.3, 0.4) is 0 Å². The first-order valence-corrected chi connectivity index (χ1v) is 4.34. The summed E-state index contributed by atoms with van der Waals surface area (Å²) in [6.45, 7) is 0. The lowest BCUT2D eigenvalue weighted by atomic mass is 10.3. The van der Waals surface area contributed by atoms with Gasteiger partial charge in [0.1, 0.15) is 6.26 Å². The number of pyridine rings is 1. The lowest BCUT2D eigenvalue weighted by Gasteiger charge is -1.91. The Labute approximate surface area is 92.5 Å². The Bertz CT molecular complexity index is 389. The van der Waals surface area contributed by atoms with Gasteiger partial charge >= 0.3 is 0 Å². The molecule has 0 aliphatic carbocycles. The Morgan fingerprint density at radius 1 is 1.29 bits per heavy atom. The number of halogens is 2. The highest BCUT2D eigenvalue weighted by molar-refractivity contribution is 6.16. The minimum Gasteiger partial charge on any atom is -0.444 e. The molecule has 0 radical (unpaired) electrons. The van der Waals surface area contributed by atoms with E-state index in [1.807, 2.05) is 12.1 Å². The number of hydrogen-bond acceptors (Lipinski definition) is 3. The third kappa shape index (κ3) is 2.25. The van der Waals surface area contributed by atoms with E-state index in [-0.39, 0.29) is 12.4 Å². The number of hydrogen-bond donors (Lipinski definition) is 0. The third-order valence-electron chi connectivity index (χ3n) is 1.62. The van der Waals surface area contributed by atoms with Gasteiger partial charge in [-0.3, -0.25) is 4.98 Å². The average Bonchev–Trinajstić information content (AvgIpc) is 2.67. The summed E-state index contributed by atoms with van der Waals surface area (Å²) in [4.78, 5) is 8.07. The number of aromatic nitrogens is 2. The topological polar surface area (TPSA) is 38.9 Å². The molecular formula is C9H8Cl2N2O. The van der Waals surface area contributed by atoms with Crippen molar-refractivity contribution in [1.29, 1.82) is 0 Å². The molecule has 0 aliphatic rings. The van der Waals surface area contributed by atoms with E-state index in [9.17, 15) is 0 Å². The second-order valence-corrected chi connectivity index (χ2v) is 2.78. The lowest BCUT2D eigenvalue weighted by Crippen LogP contribution is -1.79. The maximum atomic E-state index is 5.59. The van der Waals surface area contributed by atoms with E-state index >= 15 is 0 Å². The highest BCUT2D eigenvalue weighted by Gasteiger charge is 2.04. The molecule has 0 spiro atoms. The quantitative estimate of drug-likeness (QED) is 0.746. The molecule has 3 nitrogen and oxygen atoms in total. The number of rotatable bonds is 2. The second-order valence-electron chi connectivity index (χ2n) is 2.51. The van der Waals surface area contributed by atoms with Crippen molar-refractivity contribution in [3.8, 4) is 11.5 Å². The molecule has 0 fully saturated rings. The van der Waals surface area contributed by atoms with Gasteiger partial charge in [0.05, 0.1) is 11.6 Å². The minimum absolute atomic E-state index is 0. The van der Waals surface area contributed by atoms with Crippen molar-refractivity contribution in [3.63, 3.8) is 0 Å². The molecule has 0 aromatic carbocycles. The van der Waals surface area contributed by atoms with E-state index in [4.69, 9.17) is 16.0 Å². The van der Waals surface area contributed by atoms with Crippen LogP contribution in [0.2, 0.25) is 0 Å². The highest BCUT2D eigenvalue weighted by Crippen LogP contribution is 2.17. The average molecular weight is 231 g/mol. The SMILES string of the molecule is Cl.ClCc1coc(-c2ccncc2)n1. The van der Waals surface area contributed by atoms with Crippen LogP contribution in [0.5, 0.6) is 0 Å². The van der Waals surface area contributed by atoms with Crippen molar-refractivity contribution in [1.82, 2.24) is 9.97 Å². The van der Waals surface area contributed by atoms with Gasteiger partial charge in [-0.1, -0.05) is 0 Å². The van der Waals surface area contributed by atoms with E-state index in [1.165, 1.54) is 0 Å². The molecule has 2 rings (SSSR count). The van der Waals surface area contributed by atoms with Gasteiger partial charge in [0, 0.05) is 18.0 Å². The molecule has 2 aromatic heterocycles. The minimum atomic E-state index is 0. The molecular weight excluding hydrogens is 223 g/mol. The van der Waals surface area contributed by atoms with Crippen LogP contribution < -0.4 is 0 Å². The van der Waals surface area contributed by atoms with Gasteiger partial charge in [0.2, 0.25) is 5.89 Å². The molecule has 0 amide bonds. The molecule has 0 saturated heterocycles. The van der Waals surface area contributed by atoms with Crippen molar-refractivity contribution in [2.75, 3.05) is 0 Å². The van der Waals surface area contributed by atoms with Gasteiger partial charge in [-0.2, -0.15) is 0 Å². The van der Waals surface area contributed by atoms with Gasteiger partial charge in [-0.25, -0.2) is 4.98 Å². The van der Waals surface area contributed by atoms with Crippen LogP contribution in [0, 0.1) is 0 Å². The first-order valence-electron chi connectivity index (χ1n) is 3.81. The van der Waals surface area contributed by atoms with Crippen LogP contribution in [0.1, 0.15) is 5.69 Å². The van der Waals surface area contributed by atoms with Crippen LogP contribution in [0.4, 0.5) is 0 Å². The van der Waals surface area contributed by atoms with Crippen molar-refractivity contribution < 1.29 is 4.42 Å². The first kappa shape index (κ1) is 11.0. The van der Waals surface area contributed by atoms with Gasteiger partial charge in [0.25, 0.3) is 0 Å². The summed E-state index contributed by atoms with van der Waals surface area (Å²) in [6, 6.07) is 3.67. The van der Waals surface area contributed by atoms with Crippen LogP contribution in [0.25, 0.3) is 11.5 Å². The predicted octanol–water partition coefficient (Wildman–Crippen LogP) is 2.90. The summed E-state index contributed by atoms with van der Waals surface area (Å²) in [7, 11) is 0. The maximum Gasteiger partial charge on any atom is 0.226 e. The largest absolute Gasteiger partial charge is 0.444 e. The Balaban J connectivity index is 0.000000980. The van der Waals surface area contributed by atoms with Gasteiger partial charge < -0.3 is 4.42 Å². The molecule has 2 aromatic rings. The van der Waals surface area contributed by atoms with Gasteiger partial charge in [-0.15, -0.1) is 24.0 Å². The smallest absolute Gasteiger partial charge is 0.226 e. The normalized spacial score (nSPS) is 9.50. The molecule has 0 saturated carbocycles. The Hall–Kier alpha value is -1.06. The number of nitrogens with zero attached hydrogens (tertiary/aromatic N) is 2. The van der Waals surface area contributed by atoms with Crippen molar-refractivity contribution in [2.45, 2.75) is 5.88 Å². The summed E-state index contributed by atoms with van der Waals surface area (Å²) >= 11 is 5.59. The molecule has 2 heterocycles. The molecule has 74 valence electrons. The van der Waals surface area contributed by atoms with E-state index in [0.717, 1.165) is 11.3 Å². The Kier molecular flexibility index (Phi) is 3.92. The molecule has 0 aliphatic heterocycles. The zero-order valence-electron chi connectivity index (χ0n) is 7.18. The fourth-order valence-electron chi connectivity index (χ4n) is 0.995. The molecule has 0 bridgehead atoms. The summed E-state index contributed by atoms with van der Waals surface area (Å²) in [5, 5.41) is 0. The second kappa shape index (κ2) is 4.98. The third-order valence-corrected chi connectivity index (χ3v) is 1.89. The summed E-state index contributed by atoms with van der Waals surface area (Å²) in [5.41, 5.74) is 1.65. The molecule has 0 N–H and O–H groups in total. The van der Waals surface area contributed by atoms with Crippen LogP contribution in [0.15, 0.2) is 35.2 Å². The summed E-state index contributed by atoms with van der Waals surface area (Å²) in [5.74, 6) is 0.951. The fraction of sp³-hybridized carbons (Fsp3) is 0.111.